The molecule has 5 heteroatoms. The molecule has 4 rings (SSSR count). The van der Waals surface area contributed by atoms with Crippen LogP contribution in [0.1, 0.15) is 37.7 Å². The number of nitrogens with one attached hydrogen (secondary N) is 2. The van der Waals surface area contributed by atoms with Crippen LogP contribution >= 0.6 is 0 Å². The van der Waals surface area contributed by atoms with Crippen LogP contribution in [0.3, 0.4) is 0 Å². The number of hydrogen-bond donors (Lipinski definition) is 2. The Kier molecular flexibility index (Phi) is 5.32. The fourth-order valence-electron chi connectivity index (χ4n) is 4.05. The van der Waals surface area contributed by atoms with E-state index in [1.165, 1.54) is 25.7 Å². The molecule has 1 aliphatic heterocycles. The highest BCUT2D eigenvalue weighted by atomic mass is 32.2. The quantitative estimate of drug-likeness (QED) is 0.685. The standard InChI is InChI=1S/C22H26N2O2S/c25-27(26,19-10-4-1-5-11-19)21-16-24-20-12-7-8-17(22(20)21)13-14-18-9-3-2-6-15-23-18/h1,4-5,7-8,10-12,16,18,23-24H,2-3,6,9,13-15H2. The lowest BCUT2D eigenvalue weighted by Crippen LogP contribution is -2.28. The van der Waals surface area contributed by atoms with Gasteiger partial charge >= 0.3 is 0 Å². The number of aromatic nitrogens is 1. The van der Waals surface area contributed by atoms with Gasteiger partial charge in [-0.05, 0) is 56.0 Å². The molecule has 142 valence electrons. The minimum absolute atomic E-state index is 0.339. The van der Waals surface area contributed by atoms with E-state index in [9.17, 15) is 8.42 Å². The lowest BCUT2D eigenvalue weighted by Gasteiger charge is -2.16. The average molecular weight is 383 g/mol. The third-order valence-corrected chi connectivity index (χ3v) is 7.32. The van der Waals surface area contributed by atoms with Crippen molar-refractivity contribution >= 4 is 20.7 Å². The van der Waals surface area contributed by atoms with E-state index in [1.807, 2.05) is 18.2 Å². The van der Waals surface area contributed by atoms with Gasteiger partial charge in [-0.15, -0.1) is 0 Å². The Morgan fingerprint density at radius 2 is 1.81 bits per heavy atom. The highest BCUT2D eigenvalue weighted by molar-refractivity contribution is 7.91. The number of aryl methyl sites for hydroxylation is 1. The van der Waals surface area contributed by atoms with Gasteiger partial charge < -0.3 is 10.3 Å². The van der Waals surface area contributed by atoms with E-state index in [4.69, 9.17) is 0 Å². The van der Waals surface area contributed by atoms with Gasteiger partial charge in [0.15, 0.2) is 0 Å². The summed E-state index contributed by atoms with van der Waals surface area (Å²) in [7, 11) is -3.54. The van der Waals surface area contributed by atoms with Crippen molar-refractivity contribution in [2.45, 2.75) is 54.4 Å². The first-order chi connectivity index (χ1) is 13.2. The second kappa shape index (κ2) is 7.87. The second-order valence-corrected chi connectivity index (χ2v) is 9.27. The van der Waals surface area contributed by atoms with E-state index in [2.05, 4.69) is 16.4 Å². The van der Waals surface area contributed by atoms with Crippen LogP contribution in [0.2, 0.25) is 0 Å². The average Bonchev–Trinajstić information content (AvgIpc) is 2.98. The lowest BCUT2D eigenvalue weighted by molar-refractivity contribution is 0.479. The zero-order chi connectivity index (χ0) is 18.7. The highest BCUT2D eigenvalue weighted by Crippen LogP contribution is 2.31. The summed E-state index contributed by atoms with van der Waals surface area (Å²) in [6.45, 7) is 1.09. The van der Waals surface area contributed by atoms with E-state index < -0.39 is 9.84 Å². The van der Waals surface area contributed by atoms with Gasteiger partial charge in [-0.2, -0.15) is 0 Å². The molecule has 1 fully saturated rings. The first kappa shape index (κ1) is 18.3. The summed E-state index contributed by atoms with van der Waals surface area (Å²) >= 11 is 0. The van der Waals surface area contributed by atoms with Gasteiger partial charge in [0.05, 0.1) is 9.79 Å². The van der Waals surface area contributed by atoms with Gasteiger partial charge in [-0.3, -0.25) is 0 Å². The van der Waals surface area contributed by atoms with Gasteiger partial charge in [0.1, 0.15) is 0 Å². The summed E-state index contributed by atoms with van der Waals surface area (Å²) in [6.07, 6.45) is 8.59. The van der Waals surface area contributed by atoms with Crippen LogP contribution in [0.25, 0.3) is 10.9 Å². The first-order valence-electron chi connectivity index (χ1n) is 9.79. The molecule has 1 saturated heterocycles. The summed E-state index contributed by atoms with van der Waals surface area (Å²) in [4.78, 5) is 3.88. The van der Waals surface area contributed by atoms with Crippen molar-refractivity contribution < 1.29 is 8.42 Å². The Labute approximate surface area is 160 Å². The fraction of sp³-hybridized carbons (Fsp3) is 0.364. The Morgan fingerprint density at radius 3 is 2.67 bits per heavy atom. The highest BCUT2D eigenvalue weighted by Gasteiger charge is 2.23. The number of fused-ring (bicyclic) bond motifs is 1. The van der Waals surface area contributed by atoms with Crippen LogP contribution in [0.15, 0.2) is 64.5 Å². The number of benzene rings is 2. The Hall–Kier alpha value is -2.11. The molecule has 3 aromatic rings. The minimum Gasteiger partial charge on any atom is -0.360 e. The van der Waals surface area contributed by atoms with Crippen molar-refractivity contribution in [3.8, 4) is 0 Å². The summed E-state index contributed by atoms with van der Waals surface area (Å²) in [5, 5.41) is 4.48. The number of H-pyrrole nitrogens is 1. The molecule has 0 bridgehead atoms. The van der Waals surface area contributed by atoms with Crippen LogP contribution < -0.4 is 5.32 Å². The maximum Gasteiger partial charge on any atom is 0.208 e. The zero-order valence-corrected chi connectivity index (χ0v) is 16.3. The molecular formula is C22H26N2O2S. The molecule has 1 unspecified atom stereocenters. The molecule has 0 saturated carbocycles. The summed E-state index contributed by atoms with van der Waals surface area (Å²) < 4.78 is 26.4. The van der Waals surface area contributed by atoms with Crippen LogP contribution in [0, 0.1) is 0 Å². The summed E-state index contributed by atoms with van der Waals surface area (Å²) in [5.74, 6) is 0. The Morgan fingerprint density at radius 1 is 0.963 bits per heavy atom. The molecular weight excluding hydrogens is 356 g/mol. The van der Waals surface area contributed by atoms with E-state index in [0.717, 1.165) is 35.9 Å². The molecule has 27 heavy (non-hydrogen) atoms. The number of sulfone groups is 1. The molecule has 0 spiro atoms. The molecule has 2 aromatic carbocycles. The van der Waals surface area contributed by atoms with E-state index in [1.54, 1.807) is 30.5 Å². The predicted octanol–water partition coefficient (Wildman–Crippen LogP) is 4.47. The second-order valence-electron chi connectivity index (χ2n) is 7.35. The molecule has 0 radical (unpaired) electrons. The monoisotopic (exact) mass is 382 g/mol. The number of rotatable bonds is 5. The molecule has 1 aromatic heterocycles. The van der Waals surface area contributed by atoms with Gasteiger partial charge in [0.25, 0.3) is 0 Å². The fourth-order valence-corrected chi connectivity index (χ4v) is 5.54. The summed E-state index contributed by atoms with van der Waals surface area (Å²) in [6, 6.07) is 15.2. The van der Waals surface area contributed by atoms with Crippen molar-refractivity contribution in [2.75, 3.05) is 6.54 Å². The molecule has 0 amide bonds. The van der Waals surface area contributed by atoms with Gasteiger partial charge in [0, 0.05) is 23.1 Å². The molecule has 2 N–H and O–H groups in total. The molecule has 4 nitrogen and oxygen atoms in total. The topological polar surface area (TPSA) is 62.0 Å². The van der Waals surface area contributed by atoms with Crippen LogP contribution in [-0.2, 0) is 16.3 Å². The van der Waals surface area contributed by atoms with Gasteiger partial charge in [0.2, 0.25) is 9.84 Å². The van der Waals surface area contributed by atoms with Gasteiger partial charge in [-0.25, -0.2) is 8.42 Å². The Bertz CT molecular complexity index is 1000. The van der Waals surface area contributed by atoms with Crippen LogP contribution in [0.5, 0.6) is 0 Å². The summed E-state index contributed by atoms with van der Waals surface area (Å²) in [5.41, 5.74) is 1.99. The van der Waals surface area contributed by atoms with Crippen molar-refractivity contribution in [3.63, 3.8) is 0 Å². The minimum atomic E-state index is -3.54. The maximum atomic E-state index is 13.2. The zero-order valence-electron chi connectivity index (χ0n) is 15.4. The van der Waals surface area contributed by atoms with Crippen molar-refractivity contribution in [2.24, 2.45) is 0 Å². The van der Waals surface area contributed by atoms with Crippen LogP contribution in [-0.4, -0.2) is 26.0 Å². The van der Waals surface area contributed by atoms with Crippen molar-refractivity contribution in [3.05, 3.63) is 60.3 Å². The Balaban J connectivity index is 1.67. The van der Waals surface area contributed by atoms with E-state index >= 15 is 0 Å². The van der Waals surface area contributed by atoms with Crippen molar-refractivity contribution in [1.29, 1.82) is 0 Å². The first-order valence-corrected chi connectivity index (χ1v) is 11.3. The lowest BCUT2D eigenvalue weighted by atomic mass is 9.99. The SMILES string of the molecule is O=S(=O)(c1ccccc1)c1c[nH]c2cccc(CCC3CCCCCN3)c12. The van der Waals surface area contributed by atoms with Crippen LogP contribution in [0.4, 0.5) is 0 Å². The van der Waals surface area contributed by atoms with E-state index in [-0.39, 0.29) is 0 Å². The molecule has 0 aliphatic carbocycles. The molecule has 1 aliphatic rings. The normalized spacial score (nSPS) is 18.4. The van der Waals surface area contributed by atoms with Gasteiger partial charge in [-0.1, -0.05) is 43.2 Å². The predicted molar refractivity (Wildman–Crippen MR) is 109 cm³/mol. The number of hydrogen-bond acceptors (Lipinski definition) is 3. The third-order valence-electron chi connectivity index (χ3n) is 5.52. The number of aromatic amines is 1. The largest absolute Gasteiger partial charge is 0.360 e. The smallest absolute Gasteiger partial charge is 0.208 e. The van der Waals surface area contributed by atoms with E-state index in [0.29, 0.717) is 15.8 Å². The van der Waals surface area contributed by atoms with Crippen molar-refractivity contribution in [1.82, 2.24) is 10.3 Å². The maximum absolute atomic E-state index is 13.2. The molecule has 2 heterocycles. The third kappa shape index (κ3) is 3.80. The molecule has 1 atom stereocenters.